The first-order valence-corrected chi connectivity index (χ1v) is 8.81. The molecule has 0 saturated heterocycles. The minimum atomic E-state index is -0.356. The molecule has 0 aromatic rings. The van der Waals surface area contributed by atoms with E-state index in [1.165, 1.54) is 44.9 Å². The van der Waals surface area contributed by atoms with Crippen LogP contribution in [0.4, 0.5) is 0 Å². The Kier molecular flexibility index (Phi) is 11.5. The highest BCUT2D eigenvalue weighted by atomic mass is 16.7. The first kappa shape index (κ1) is 19.9. The van der Waals surface area contributed by atoms with Crippen LogP contribution in [0, 0.1) is 0 Å². The van der Waals surface area contributed by atoms with Gasteiger partial charge in [0, 0.05) is 12.8 Å². The lowest BCUT2D eigenvalue weighted by Crippen LogP contribution is -2.40. The van der Waals surface area contributed by atoms with Gasteiger partial charge in [-0.1, -0.05) is 46.0 Å². The molecule has 0 spiro atoms. The second kappa shape index (κ2) is 11.6. The van der Waals surface area contributed by atoms with Crippen molar-refractivity contribution in [3.63, 3.8) is 0 Å². The van der Waals surface area contributed by atoms with Crippen LogP contribution in [-0.4, -0.2) is 18.0 Å². The largest absolute Gasteiger partial charge is 0.347 e. The smallest absolute Gasteiger partial charge is 0.168 e. The van der Waals surface area contributed by atoms with Crippen molar-refractivity contribution in [2.24, 2.45) is 0 Å². The van der Waals surface area contributed by atoms with Crippen LogP contribution >= 0.6 is 0 Å². The minimum absolute atomic E-state index is 0.224. The lowest BCUT2D eigenvalue weighted by Gasteiger charge is -2.37. The fourth-order valence-electron chi connectivity index (χ4n) is 2.71. The number of unbranched alkanes of at least 4 members (excludes halogenated alkanes) is 5. The Hall–Kier alpha value is -0.0800. The summed E-state index contributed by atoms with van der Waals surface area (Å²) in [5, 5.41) is 0. The first-order valence-electron chi connectivity index (χ1n) is 8.81. The lowest BCUT2D eigenvalue weighted by atomic mass is 9.99. The van der Waals surface area contributed by atoms with Crippen LogP contribution in [0.25, 0.3) is 0 Å². The molecule has 0 fully saturated rings. The molecule has 0 saturated carbocycles. The molecule has 0 rings (SSSR count). The second-order valence-electron chi connectivity index (χ2n) is 6.51. The van der Waals surface area contributed by atoms with Crippen molar-refractivity contribution in [2.45, 2.75) is 117 Å². The highest BCUT2D eigenvalue weighted by Gasteiger charge is 2.33. The molecule has 2 nitrogen and oxygen atoms in total. The highest BCUT2D eigenvalue weighted by molar-refractivity contribution is 4.73. The maximum atomic E-state index is 6.25. The third-order valence-corrected chi connectivity index (χ3v) is 3.47. The van der Waals surface area contributed by atoms with Crippen LogP contribution in [-0.2, 0) is 9.47 Å². The Morgan fingerprint density at radius 3 is 1.45 bits per heavy atom. The van der Waals surface area contributed by atoms with E-state index in [4.69, 9.17) is 9.47 Å². The van der Waals surface area contributed by atoms with Crippen molar-refractivity contribution >= 4 is 0 Å². The Labute approximate surface area is 127 Å². The number of hydrogen-bond acceptors (Lipinski definition) is 2. The van der Waals surface area contributed by atoms with Gasteiger partial charge < -0.3 is 9.47 Å². The molecule has 0 aromatic heterocycles. The Balaban J connectivity index is 4.60. The molecule has 0 heterocycles. The SMILES string of the molecule is CCCCCCC(CCCCC)(OC(C)C)OC(C)C. The molecule has 0 N–H and O–H groups in total. The molecule has 0 aliphatic rings. The van der Waals surface area contributed by atoms with Gasteiger partial charge in [-0.3, -0.25) is 0 Å². The summed E-state index contributed by atoms with van der Waals surface area (Å²) in [6, 6.07) is 0. The molecule has 0 atom stereocenters. The normalized spacial score (nSPS) is 12.6. The summed E-state index contributed by atoms with van der Waals surface area (Å²) in [5.74, 6) is -0.356. The van der Waals surface area contributed by atoms with Gasteiger partial charge in [-0.2, -0.15) is 0 Å². The van der Waals surface area contributed by atoms with Crippen molar-refractivity contribution in [2.75, 3.05) is 0 Å². The predicted molar refractivity (Wildman–Crippen MR) is 88.1 cm³/mol. The van der Waals surface area contributed by atoms with E-state index in [9.17, 15) is 0 Å². The van der Waals surface area contributed by atoms with Crippen molar-refractivity contribution in [1.82, 2.24) is 0 Å². The summed E-state index contributed by atoms with van der Waals surface area (Å²) in [6.07, 6.45) is 11.3. The summed E-state index contributed by atoms with van der Waals surface area (Å²) in [7, 11) is 0. The second-order valence-corrected chi connectivity index (χ2v) is 6.51. The molecule has 0 radical (unpaired) electrons. The van der Waals surface area contributed by atoms with Crippen molar-refractivity contribution in [3.8, 4) is 0 Å². The molecule has 2 heteroatoms. The zero-order valence-corrected chi connectivity index (χ0v) is 14.8. The molecule has 122 valence electrons. The van der Waals surface area contributed by atoms with E-state index in [1.807, 2.05) is 0 Å². The third kappa shape index (κ3) is 9.77. The van der Waals surface area contributed by atoms with Gasteiger partial charge >= 0.3 is 0 Å². The van der Waals surface area contributed by atoms with Crippen molar-refractivity contribution in [3.05, 3.63) is 0 Å². The van der Waals surface area contributed by atoms with Crippen molar-refractivity contribution in [1.29, 1.82) is 0 Å². The maximum absolute atomic E-state index is 6.25. The van der Waals surface area contributed by atoms with Gasteiger partial charge in [0.05, 0.1) is 12.2 Å². The van der Waals surface area contributed by atoms with E-state index in [2.05, 4.69) is 41.5 Å². The fraction of sp³-hybridized carbons (Fsp3) is 1.00. The van der Waals surface area contributed by atoms with Gasteiger partial charge in [0.15, 0.2) is 5.79 Å². The molecule has 0 aliphatic heterocycles. The average molecular weight is 286 g/mol. The van der Waals surface area contributed by atoms with E-state index in [-0.39, 0.29) is 18.0 Å². The van der Waals surface area contributed by atoms with Gasteiger partial charge in [0.1, 0.15) is 0 Å². The van der Waals surface area contributed by atoms with E-state index >= 15 is 0 Å². The Morgan fingerprint density at radius 2 is 1.05 bits per heavy atom. The fourth-order valence-corrected chi connectivity index (χ4v) is 2.71. The summed E-state index contributed by atoms with van der Waals surface area (Å²) in [5.41, 5.74) is 0. The number of rotatable bonds is 13. The topological polar surface area (TPSA) is 18.5 Å². The average Bonchev–Trinajstić information content (AvgIpc) is 2.33. The summed E-state index contributed by atoms with van der Waals surface area (Å²) in [4.78, 5) is 0. The molecule has 0 aliphatic carbocycles. The molecule has 0 bridgehead atoms. The van der Waals surface area contributed by atoms with Gasteiger partial charge in [0.25, 0.3) is 0 Å². The van der Waals surface area contributed by atoms with E-state index in [1.54, 1.807) is 0 Å². The molecular weight excluding hydrogens is 248 g/mol. The highest BCUT2D eigenvalue weighted by Crippen LogP contribution is 2.31. The molecule has 0 unspecified atom stereocenters. The Morgan fingerprint density at radius 1 is 0.650 bits per heavy atom. The van der Waals surface area contributed by atoms with Gasteiger partial charge in [0.2, 0.25) is 0 Å². The van der Waals surface area contributed by atoms with Crippen LogP contribution in [0.3, 0.4) is 0 Å². The third-order valence-electron chi connectivity index (χ3n) is 3.47. The van der Waals surface area contributed by atoms with Crippen LogP contribution in [0.5, 0.6) is 0 Å². The minimum Gasteiger partial charge on any atom is -0.347 e. The Bertz CT molecular complexity index is 201. The molecule has 0 aromatic carbocycles. The quantitative estimate of drug-likeness (QED) is 0.301. The number of hydrogen-bond donors (Lipinski definition) is 0. The van der Waals surface area contributed by atoms with Crippen molar-refractivity contribution < 1.29 is 9.47 Å². The molecule has 0 amide bonds. The molecule has 20 heavy (non-hydrogen) atoms. The van der Waals surface area contributed by atoms with Gasteiger partial charge in [-0.25, -0.2) is 0 Å². The standard InChI is InChI=1S/C18H38O2/c1-7-9-11-13-15-18(19-16(3)4,20-17(5)6)14-12-10-8-2/h16-17H,7-15H2,1-6H3. The van der Waals surface area contributed by atoms with E-state index < -0.39 is 0 Å². The summed E-state index contributed by atoms with van der Waals surface area (Å²) < 4.78 is 12.5. The van der Waals surface area contributed by atoms with Crippen LogP contribution in [0.1, 0.15) is 99.3 Å². The summed E-state index contributed by atoms with van der Waals surface area (Å²) in [6.45, 7) is 13.0. The lowest BCUT2D eigenvalue weighted by molar-refractivity contribution is -0.276. The van der Waals surface area contributed by atoms with Gasteiger partial charge in [-0.15, -0.1) is 0 Å². The monoisotopic (exact) mass is 286 g/mol. The maximum Gasteiger partial charge on any atom is 0.168 e. The van der Waals surface area contributed by atoms with E-state index in [0.717, 1.165) is 12.8 Å². The van der Waals surface area contributed by atoms with Crippen LogP contribution < -0.4 is 0 Å². The number of ether oxygens (including phenoxy) is 2. The summed E-state index contributed by atoms with van der Waals surface area (Å²) >= 11 is 0. The van der Waals surface area contributed by atoms with Crippen LogP contribution in [0.15, 0.2) is 0 Å². The van der Waals surface area contributed by atoms with E-state index in [0.29, 0.717) is 0 Å². The molecular formula is C18H38O2. The first-order chi connectivity index (χ1) is 9.45. The van der Waals surface area contributed by atoms with Gasteiger partial charge in [-0.05, 0) is 40.5 Å². The van der Waals surface area contributed by atoms with Crippen LogP contribution in [0.2, 0.25) is 0 Å². The zero-order valence-electron chi connectivity index (χ0n) is 14.8. The predicted octanol–water partition coefficient (Wildman–Crippen LogP) is 6.08. The zero-order chi connectivity index (χ0) is 15.4.